The summed E-state index contributed by atoms with van der Waals surface area (Å²) in [6, 6.07) is 1.77. The number of carbonyl (C=O) groups is 1. The van der Waals surface area contributed by atoms with Gasteiger partial charge in [0.25, 0.3) is 0 Å². The van der Waals surface area contributed by atoms with Gasteiger partial charge in [0.05, 0.1) is 30.5 Å². The third kappa shape index (κ3) is 2.49. The third-order valence-corrected chi connectivity index (χ3v) is 3.54. The van der Waals surface area contributed by atoms with Gasteiger partial charge in [-0.15, -0.1) is 0 Å². The second-order valence-electron chi connectivity index (χ2n) is 4.63. The van der Waals surface area contributed by atoms with Gasteiger partial charge in [-0.3, -0.25) is 0 Å². The number of ether oxygens (including phenoxy) is 2. The summed E-state index contributed by atoms with van der Waals surface area (Å²) in [7, 11) is 3.24. The van der Waals surface area contributed by atoms with Crippen LogP contribution < -0.4 is 10.6 Å². The van der Waals surface area contributed by atoms with Crippen molar-refractivity contribution < 1.29 is 14.3 Å². The van der Waals surface area contributed by atoms with E-state index in [2.05, 4.69) is 4.98 Å². The van der Waals surface area contributed by atoms with Gasteiger partial charge in [-0.25, -0.2) is 9.78 Å². The molecule has 6 nitrogen and oxygen atoms in total. The lowest BCUT2D eigenvalue weighted by Gasteiger charge is -2.29. The summed E-state index contributed by atoms with van der Waals surface area (Å²) in [5.41, 5.74) is 6.71. The first-order valence-electron chi connectivity index (χ1n) is 6.23. The molecule has 0 spiro atoms. The quantitative estimate of drug-likeness (QED) is 0.823. The summed E-state index contributed by atoms with van der Waals surface area (Å²) >= 11 is 0. The number of pyridine rings is 1. The Balaban J connectivity index is 2.32. The van der Waals surface area contributed by atoms with E-state index in [0.717, 1.165) is 13.0 Å². The molecule has 1 saturated heterocycles. The maximum atomic E-state index is 11.6. The highest BCUT2D eigenvalue weighted by Gasteiger charge is 2.30. The van der Waals surface area contributed by atoms with Crippen LogP contribution in [0.4, 0.5) is 11.5 Å². The van der Waals surface area contributed by atoms with E-state index in [1.807, 2.05) is 18.9 Å². The number of nitrogen functional groups attached to an aromatic ring is 1. The summed E-state index contributed by atoms with van der Waals surface area (Å²) < 4.78 is 10.3. The van der Waals surface area contributed by atoms with Crippen LogP contribution in [0.2, 0.25) is 0 Å². The first kappa shape index (κ1) is 13.6. The van der Waals surface area contributed by atoms with Crippen molar-refractivity contribution in [2.75, 3.05) is 31.4 Å². The van der Waals surface area contributed by atoms with Crippen LogP contribution in [-0.2, 0) is 9.47 Å². The van der Waals surface area contributed by atoms with Crippen molar-refractivity contribution in [1.29, 1.82) is 0 Å². The Labute approximate surface area is 112 Å². The fourth-order valence-electron chi connectivity index (χ4n) is 2.42. The smallest absolute Gasteiger partial charge is 0.340 e. The molecule has 2 N–H and O–H groups in total. The minimum atomic E-state index is -0.453. The Bertz CT molecular complexity index is 478. The highest BCUT2D eigenvalue weighted by Crippen LogP contribution is 2.29. The molecule has 2 rings (SSSR count). The van der Waals surface area contributed by atoms with Crippen molar-refractivity contribution in [3.63, 3.8) is 0 Å². The number of carbonyl (C=O) groups excluding carboxylic acids is 1. The van der Waals surface area contributed by atoms with Crippen LogP contribution in [-0.4, -0.2) is 43.9 Å². The molecule has 1 fully saturated rings. The van der Waals surface area contributed by atoms with Gasteiger partial charge in [-0.05, 0) is 19.4 Å². The lowest BCUT2D eigenvalue weighted by atomic mass is 10.1. The monoisotopic (exact) mass is 265 g/mol. The normalized spacial score (nSPS) is 22.3. The van der Waals surface area contributed by atoms with Gasteiger partial charge in [0, 0.05) is 19.9 Å². The summed E-state index contributed by atoms with van der Waals surface area (Å²) in [5.74, 6) is 0.135. The molecule has 1 aromatic heterocycles. The van der Waals surface area contributed by atoms with Crippen molar-refractivity contribution in [3.05, 3.63) is 17.8 Å². The minimum Gasteiger partial charge on any atom is -0.465 e. The Morgan fingerprint density at radius 1 is 1.63 bits per heavy atom. The largest absolute Gasteiger partial charge is 0.465 e. The molecule has 104 valence electrons. The van der Waals surface area contributed by atoms with Crippen LogP contribution in [0.1, 0.15) is 23.7 Å². The first-order valence-corrected chi connectivity index (χ1v) is 6.23. The third-order valence-electron chi connectivity index (χ3n) is 3.54. The van der Waals surface area contributed by atoms with Crippen LogP contribution in [0.25, 0.3) is 0 Å². The molecule has 0 bridgehead atoms. The summed E-state index contributed by atoms with van der Waals surface area (Å²) in [4.78, 5) is 17.9. The van der Waals surface area contributed by atoms with Crippen LogP contribution in [0.15, 0.2) is 12.3 Å². The number of hydrogen-bond donors (Lipinski definition) is 1. The summed E-state index contributed by atoms with van der Waals surface area (Å²) in [6.45, 7) is 2.75. The maximum Gasteiger partial charge on any atom is 0.340 e. The van der Waals surface area contributed by atoms with Crippen LogP contribution in [0.5, 0.6) is 0 Å². The van der Waals surface area contributed by atoms with Crippen LogP contribution in [0, 0.1) is 0 Å². The van der Waals surface area contributed by atoms with Gasteiger partial charge >= 0.3 is 5.97 Å². The average molecular weight is 265 g/mol. The fourth-order valence-corrected chi connectivity index (χ4v) is 2.42. The van der Waals surface area contributed by atoms with E-state index < -0.39 is 5.97 Å². The lowest BCUT2D eigenvalue weighted by Crippen LogP contribution is -2.37. The van der Waals surface area contributed by atoms with Gasteiger partial charge in [0.15, 0.2) is 5.82 Å². The topological polar surface area (TPSA) is 77.7 Å². The molecular weight excluding hydrogens is 246 g/mol. The van der Waals surface area contributed by atoms with Gasteiger partial charge in [0.2, 0.25) is 0 Å². The van der Waals surface area contributed by atoms with Crippen molar-refractivity contribution in [2.24, 2.45) is 0 Å². The number of nitrogens with zero attached hydrogens (tertiary/aromatic N) is 2. The van der Waals surface area contributed by atoms with E-state index in [0.29, 0.717) is 17.1 Å². The molecule has 0 radical (unpaired) electrons. The number of aromatic nitrogens is 1. The van der Waals surface area contributed by atoms with Crippen LogP contribution >= 0.6 is 0 Å². The molecule has 2 atom stereocenters. The van der Waals surface area contributed by atoms with E-state index in [1.54, 1.807) is 12.3 Å². The predicted molar refractivity (Wildman–Crippen MR) is 72.2 cm³/mol. The molecule has 1 aromatic rings. The molecule has 19 heavy (non-hydrogen) atoms. The molecule has 0 aromatic carbocycles. The highest BCUT2D eigenvalue weighted by molar-refractivity contribution is 5.97. The molecule has 1 aliphatic rings. The number of rotatable bonds is 3. The number of methoxy groups -OCH3 is 1. The highest BCUT2D eigenvalue weighted by atomic mass is 16.5. The van der Waals surface area contributed by atoms with Crippen molar-refractivity contribution in [1.82, 2.24) is 4.98 Å². The maximum absolute atomic E-state index is 11.6. The van der Waals surface area contributed by atoms with Gasteiger partial charge < -0.3 is 20.1 Å². The van der Waals surface area contributed by atoms with E-state index in [9.17, 15) is 4.79 Å². The van der Waals surface area contributed by atoms with Gasteiger partial charge in [-0.2, -0.15) is 0 Å². The van der Waals surface area contributed by atoms with Crippen molar-refractivity contribution in [3.8, 4) is 0 Å². The van der Waals surface area contributed by atoms with E-state index in [1.165, 1.54) is 7.11 Å². The van der Waals surface area contributed by atoms with Crippen molar-refractivity contribution in [2.45, 2.75) is 25.5 Å². The lowest BCUT2D eigenvalue weighted by molar-refractivity contribution is 0.0602. The minimum absolute atomic E-state index is 0.119. The molecule has 6 heteroatoms. The summed E-state index contributed by atoms with van der Waals surface area (Å²) in [5, 5.41) is 0. The number of esters is 1. The SMILES string of the molecule is COC(=O)c1ccnc(N(C)C2CCOC2C)c1N. The van der Waals surface area contributed by atoms with E-state index in [4.69, 9.17) is 15.2 Å². The zero-order valence-electron chi connectivity index (χ0n) is 11.4. The molecule has 1 aliphatic heterocycles. The first-order chi connectivity index (χ1) is 9.06. The van der Waals surface area contributed by atoms with Gasteiger partial charge in [-0.1, -0.05) is 0 Å². The van der Waals surface area contributed by atoms with Crippen LogP contribution in [0.3, 0.4) is 0 Å². The number of nitrogens with two attached hydrogens (primary N) is 1. The Morgan fingerprint density at radius 2 is 2.37 bits per heavy atom. The Hall–Kier alpha value is -1.82. The number of likely N-dealkylation sites (N-methyl/N-ethyl adjacent to an activating group) is 1. The summed E-state index contributed by atoms with van der Waals surface area (Å²) in [6.07, 6.45) is 2.60. The molecular formula is C13H19N3O3. The molecule has 2 heterocycles. The molecule has 0 amide bonds. The van der Waals surface area contributed by atoms with E-state index in [-0.39, 0.29) is 12.1 Å². The van der Waals surface area contributed by atoms with E-state index >= 15 is 0 Å². The van der Waals surface area contributed by atoms with Crippen molar-refractivity contribution >= 4 is 17.5 Å². The second-order valence-corrected chi connectivity index (χ2v) is 4.63. The predicted octanol–water partition coefficient (Wildman–Crippen LogP) is 1.06. The number of anilines is 2. The fraction of sp³-hybridized carbons (Fsp3) is 0.538. The zero-order valence-corrected chi connectivity index (χ0v) is 11.4. The standard InChI is InChI=1S/C13H19N3O3/c1-8-10(5-7-19-8)16(2)12-11(14)9(4-6-15-12)13(17)18-3/h4,6,8,10H,5,7,14H2,1-3H3. The second kappa shape index (κ2) is 5.44. The zero-order chi connectivity index (χ0) is 14.0. The Kier molecular flexibility index (Phi) is 3.90. The number of hydrogen-bond acceptors (Lipinski definition) is 6. The molecule has 0 saturated carbocycles. The Morgan fingerprint density at radius 3 is 2.95 bits per heavy atom. The average Bonchev–Trinajstić information content (AvgIpc) is 2.83. The molecule has 0 aliphatic carbocycles. The molecule has 2 unspecified atom stereocenters. The van der Waals surface area contributed by atoms with Gasteiger partial charge in [0.1, 0.15) is 0 Å².